The Bertz CT molecular complexity index is 533. The van der Waals surface area contributed by atoms with Crippen molar-refractivity contribution >= 4 is 0 Å². The molecule has 2 aromatic carbocycles. The predicted octanol–water partition coefficient (Wildman–Crippen LogP) is 2.84. The highest BCUT2D eigenvalue weighted by Crippen LogP contribution is 2.28. The maximum Gasteiger partial charge on any atom is 0.123 e. The van der Waals surface area contributed by atoms with E-state index >= 15 is 0 Å². The molecule has 2 aromatic rings. The fourth-order valence-corrected chi connectivity index (χ4v) is 2.77. The Labute approximate surface area is 119 Å². The van der Waals surface area contributed by atoms with E-state index in [9.17, 15) is 4.39 Å². The van der Waals surface area contributed by atoms with Gasteiger partial charge in [0.25, 0.3) is 0 Å². The summed E-state index contributed by atoms with van der Waals surface area (Å²) in [7, 11) is 0. The molecule has 3 heteroatoms. The van der Waals surface area contributed by atoms with Gasteiger partial charge in [0.05, 0.1) is 6.04 Å². The third-order valence-corrected chi connectivity index (χ3v) is 3.76. The van der Waals surface area contributed by atoms with Crippen LogP contribution in [0.3, 0.4) is 0 Å². The molecule has 1 fully saturated rings. The highest BCUT2D eigenvalue weighted by Gasteiger charge is 2.23. The van der Waals surface area contributed by atoms with Crippen molar-refractivity contribution in [3.8, 4) is 0 Å². The van der Waals surface area contributed by atoms with Crippen molar-refractivity contribution in [2.24, 2.45) is 0 Å². The van der Waals surface area contributed by atoms with Gasteiger partial charge in [-0.1, -0.05) is 42.5 Å². The Balaban J connectivity index is 1.96. The molecule has 0 amide bonds. The molecule has 20 heavy (non-hydrogen) atoms. The summed E-state index contributed by atoms with van der Waals surface area (Å²) in [6.45, 7) is 3.67. The van der Waals surface area contributed by atoms with Crippen molar-refractivity contribution in [3.63, 3.8) is 0 Å². The van der Waals surface area contributed by atoms with Gasteiger partial charge in [0.1, 0.15) is 5.82 Å². The van der Waals surface area contributed by atoms with Crippen LogP contribution in [0, 0.1) is 5.82 Å². The lowest BCUT2D eigenvalue weighted by molar-refractivity contribution is 0.196. The van der Waals surface area contributed by atoms with Gasteiger partial charge in [-0.2, -0.15) is 0 Å². The number of benzene rings is 2. The summed E-state index contributed by atoms with van der Waals surface area (Å²) < 4.78 is 13.2. The molecule has 0 saturated carbocycles. The molecular formula is C17H18FN2. The van der Waals surface area contributed by atoms with Gasteiger partial charge in [-0.3, -0.25) is 4.90 Å². The molecule has 1 aliphatic rings. The van der Waals surface area contributed by atoms with Gasteiger partial charge >= 0.3 is 0 Å². The second-order valence-electron chi connectivity index (χ2n) is 5.07. The topological polar surface area (TPSA) is 17.3 Å². The van der Waals surface area contributed by atoms with Crippen LogP contribution in [0.25, 0.3) is 0 Å². The first kappa shape index (κ1) is 13.3. The Hall–Kier alpha value is -1.71. The first-order valence-electron chi connectivity index (χ1n) is 7.02. The van der Waals surface area contributed by atoms with E-state index < -0.39 is 0 Å². The first-order chi connectivity index (χ1) is 9.84. The van der Waals surface area contributed by atoms with Crippen LogP contribution >= 0.6 is 0 Å². The average molecular weight is 269 g/mol. The Morgan fingerprint density at radius 3 is 2.10 bits per heavy atom. The molecule has 0 N–H and O–H groups in total. The summed E-state index contributed by atoms with van der Waals surface area (Å²) in [5.41, 5.74) is 2.39. The van der Waals surface area contributed by atoms with Gasteiger partial charge in [-0.05, 0) is 23.3 Å². The number of hydrogen-bond acceptors (Lipinski definition) is 1. The SMILES string of the molecule is Fc1ccc(C(c2ccccc2)N2CC[N]CC2)cc1. The largest absolute Gasteiger partial charge is 0.290 e. The van der Waals surface area contributed by atoms with Crippen molar-refractivity contribution in [3.05, 3.63) is 71.5 Å². The van der Waals surface area contributed by atoms with E-state index in [0.29, 0.717) is 0 Å². The third kappa shape index (κ3) is 2.89. The second kappa shape index (κ2) is 6.16. The van der Waals surface area contributed by atoms with Crippen LogP contribution in [0.4, 0.5) is 4.39 Å². The quantitative estimate of drug-likeness (QED) is 0.837. The number of piperazine rings is 1. The highest BCUT2D eigenvalue weighted by molar-refractivity contribution is 5.32. The standard InChI is InChI=1S/C17H18FN2/c18-16-8-6-15(7-9-16)17(14-4-2-1-3-5-14)20-12-10-19-11-13-20/h1-9,17H,10-13H2. The smallest absolute Gasteiger partial charge is 0.123 e. The molecule has 1 unspecified atom stereocenters. The van der Waals surface area contributed by atoms with Crippen molar-refractivity contribution in [1.82, 2.24) is 10.2 Å². The predicted molar refractivity (Wildman–Crippen MR) is 78.1 cm³/mol. The zero-order valence-corrected chi connectivity index (χ0v) is 11.4. The number of hydrogen-bond donors (Lipinski definition) is 0. The van der Waals surface area contributed by atoms with Crippen LogP contribution < -0.4 is 5.32 Å². The maximum atomic E-state index is 13.2. The zero-order valence-electron chi connectivity index (χ0n) is 11.4. The molecule has 3 rings (SSSR count). The summed E-state index contributed by atoms with van der Waals surface area (Å²) in [6, 6.07) is 17.5. The summed E-state index contributed by atoms with van der Waals surface area (Å²) >= 11 is 0. The maximum absolute atomic E-state index is 13.2. The van der Waals surface area contributed by atoms with E-state index in [1.807, 2.05) is 18.2 Å². The van der Waals surface area contributed by atoms with Gasteiger partial charge < -0.3 is 0 Å². The Morgan fingerprint density at radius 1 is 0.850 bits per heavy atom. The molecule has 103 valence electrons. The van der Waals surface area contributed by atoms with Crippen LogP contribution in [-0.4, -0.2) is 31.1 Å². The summed E-state index contributed by atoms with van der Waals surface area (Å²) in [5, 5.41) is 4.41. The fraction of sp³-hybridized carbons (Fsp3) is 0.294. The number of rotatable bonds is 3. The van der Waals surface area contributed by atoms with E-state index in [2.05, 4.69) is 34.5 Å². The molecule has 1 radical (unpaired) electrons. The van der Waals surface area contributed by atoms with Gasteiger partial charge in [-0.25, -0.2) is 9.71 Å². The normalized spacial score (nSPS) is 17.9. The lowest BCUT2D eigenvalue weighted by Gasteiger charge is -2.35. The van der Waals surface area contributed by atoms with E-state index in [-0.39, 0.29) is 11.9 Å². The van der Waals surface area contributed by atoms with E-state index in [1.54, 1.807) is 12.1 Å². The van der Waals surface area contributed by atoms with Crippen LogP contribution in [0.15, 0.2) is 54.6 Å². The number of nitrogens with zero attached hydrogens (tertiary/aromatic N) is 2. The Morgan fingerprint density at radius 2 is 1.45 bits per heavy atom. The van der Waals surface area contributed by atoms with Crippen LogP contribution in [-0.2, 0) is 0 Å². The van der Waals surface area contributed by atoms with Crippen LogP contribution in [0.1, 0.15) is 17.2 Å². The molecule has 1 aliphatic heterocycles. The molecule has 0 bridgehead atoms. The van der Waals surface area contributed by atoms with Gasteiger partial charge in [0.2, 0.25) is 0 Å². The number of halogens is 1. The summed E-state index contributed by atoms with van der Waals surface area (Å²) in [6.07, 6.45) is 0. The first-order valence-corrected chi connectivity index (χ1v) is 7.02. The minimum absolute atomic E-state index is 0.186. The van der Waals surface area contributed by atoms with E-state index in [1.165, 1.54) is 5.56 Å². The average Bonchev–Trinajstić information content (AvgIpc) is 2.52. The minimum Gasteiger partial charge on any atom is -0.290 e. The zero-order chi connectivity index (χ0) is 13.8. The lowest BCUT2D eigenvalue weighted by atomic mass is 9.96. The summed E-state index contributed by atoms with van der Waals surface area (Å²) in [5.74, 6) is -0.186. The highest BCUT2D eigenvalue weighted by atomic mass is 19.1. The van der Waals surface area contributed by atoms with Crippen molar-refractivity contribution in [1.29, 1.82) is 0 Å². The molecular weight excluding hydrogens is 251 g/mol. The van der Waals surface area contributed by atoms with Gasteiger partial charge in [-0.15, -0.1) is 0 Å². The molecule has 0 aromatic heterocycles. The minimum atomic E-state index is -0.186. The molecule has 0 spiro atoms. The molecule has 1 atom stereocenters. The van der Waals surface area contributed by atoms with E-state index in [0.717, 1.165) is 31.7 Å². The van der Waals surface area contributed by atoms with E-state index in [4.69, 9.17) is 0 Å². The second-order valence-corrected chi connectivity index (χ2v) is 5.07. The van der Waals surface area contributed by atoms with Crippen molar-refractivity contribution in [2.45, 2.75) is 6.04 Å². The lowest BCUT2D eigenvalue weighted by Crippen LogP contribution is -2.42. The van der Waals surface area contributed by atoms with Crippen molar-refractivity contribution < 1.29 is 4.39 Å². The molecule has 1 saturated heterocycles. The molecule has 0 aliphatic carbocycles. The third-order valence-electron chi connectivity index (χ3n) is 3.76. The van der Waals surface area contributed by atoms with Gasteiger partial charge in [0.15, 0.2) is 0 Å². The fourth-order valence-electron chi connectivity index (χ4n) is 2.77. The van der Waals surface area contributed by atoms with Gasteiger partial charge in [0, 0.05) is 26.2 Å². The van der Waals surface area contributed by atoms with Crippen molar-refractivity contribution in [2.75, 3.05) is 26.2 Å². The summed E-state index contributed by atoms with van der Waals surface area (Å²) in [4.78, 5) is 2.43. The van der Waals surface area contributed by atoms with Crippen LogP contribution in [0.5, 0.6) is 0 Å². The van der Waals surface area contributed by atoms with Crippen LogP contribution in [0.2, 0.25) is 0 Å². The Kier molecular flexibility index (Phi) is 4.09. The molecule has 1 heterocycles. The molecule has 2 nitrogen and oxygen atoms in total. The monoisotopic (exact) mass is 269 g/mol.